The van der Waals surface area contributed by atoms with E-state index in [1.807, 2.05) is 0 Å². The Bertz CT molecular complexity index is 603. The largest absolute Gasteiger partial charge is 0.361 e. The van der Waals surface area contributed by atoms with Crippen LogP contribution >= 0.6 is 0 Å². The second kappa shape index (κ2) is 4.91. The van der Waals surface area contributed by atoms with Crippen molar-refractivity contribution < 1.29 is 12.9 Å². The number of aryl methyl sites for hydroxylation is 1. The lowest BCUT2D eigenvalue weighted by atomic mass is 10.4. The van der Waals surface area contributed by atoms with Crippen LogP contribution < -0.4 is 0 Å². The van der Waals surface area contributed by atoms with Gasteiger partial charge in [0.2, 0.25) is 10.0 Å². The quantitative estimate of drug-likeness (QED) is 0.862. The third-order valence-electron chi connectivity index (χ3n) is 2.41. The normalized spacial score (nSPS) is 12.2. The van der Waals surface area contributed by atoms with Crippen LogP contribution in [0.4, 0.5) is 0 Å². The zero-order valence-electron chi connectivity index (χ0n) is 10.1. The lowest BCUT2D eigenvalue weighted by molar-refractivity contribution is 0.391. The van der Waals surface area contributed by atoms with Crippen LogP contribution in [0.15, 0.2) is 23.0 Å². The van der Waals surface area contributed by atoms with Crippen LogP contribution in [0.2, 0.25) is 0 Å². The van der Waals surface area contributed by atoms with Crippen molar-refractivity contribution in [1.29, 1.82) is 0 Å². The van der Waals surface area contributed by atoms with Crippen LogP contribution in [0.5, 0.6) is 0 Å². The monoisotopic (exact) mass is 270 g/mol. The third-order valence-corrected chi connectivity index (χ3v) is 4.15. The van der Waals surface area contributed by atoms with E-state index >= 15 is 0 Å². The second-order valence-electron chi connectivity index (χ2n) is 3.98. The fourth-order valence-corrected chi connectivity index (χ4v) is 2.53. The summed E-state index contributed by atoms with van der Waals surface area (Å²) in [7, 11) is -1.92. The van der Waals surface area contributed by atoms with Crippen LogP contribution in [0, 0.1) is 6.92 Å². The Morgan fingerprint density at radius 1 is 1.50 bits per heavy atom. The number of aromatic amines is 1. The molecule has 0 fully saturated rings. The predicted octanol–water partition coefficient (Wildman–Crippen LogP) is 0.668. The van der Waals surface area contributed by atoms with Crippen LogP contribution in [-0.4, -0.2) is 34.9 Å². The molecule has 18 heavy (non-hydrogen) atoms. The number of rotatable bonds is 5. The molecule has 7 nitrogen and oxygen atoms in total. The second-order valence-corrected chi connectivity index (χ2v) is 6.05. The van der Waals surface area contributed by atoms with Gasteiger partial charge >= 0.3 is 0 Å². The van der Waals surface area contributed by atoms with Crippen molar-refractivity contribution in [3.05, 3.63) is 35.7 Å². The number of aromatic nitrogens is 3. The zero-order valence-corrected chi connectivity index (χ0v) is 10.9. The van der Waals surface area contributed by atoms with Crippen molar-refractivity contribution in [3.63, 3.8) is 0 Å². The molecule has 1 N–H and O–H groups in total. The van der Waals surface area contributed by atoms with Gasteiger partial charge in [-0.15, -0.1) is 0 Å². The Morgan fingerprint density at radius 2 is 2.28 bits per heavy atom. The summed E-state index contributed by atoms with van der Waals surface area (Å²) in [6.07, 6.45) is 3.23. The van der Waals surface area contributed by atoms with Crippen LogP contribution in [0.25, 0.3) is 0 Å². The van der Waals surface area contributed by atoms with Gasteiger partial charge in [-0.3, -0.25) is 0 Å². The first-order chi connectivity index (χ1) is 8.47. The summed E-state index contributed by atoms with van der Waals surface area (Å²) >= 11 is 0. The molecule has 0 aliphatic carbocycles. The van der Waals surface area contributed by atoms with Crippen LogP contribution in [0.1, 0.15) is 17.3 Å². The van der Waals surface area contributed by atoms with E-state index in [1.165, 1.54) is 11.4 Å². The van der Waals surface area contributed by atoms with Gasteiger partial charge in [-0.2, -0.15) is 4.31 Å². The molecule has 0 bridgehead atoms. The number of hydrogen-bond donors (Lipinski definition) is 1. The Hall–Kier alpha value is -1.67. The van der Waals surface area contributed by atoms with E-state index in [0.29, 0.717) is 17.3 Å². The molecule has 0 aliphatic rings. The molecule has 2 rings (SSSR count). The van der Waals surface area contributed by atoms with Gasteiger partial charge < -0.3 is 9.51 Å². The Balaban J connectivity index is 2.06. The molecule has 0 atom stereocenters. The first kappa shape index (κ1) is 12.8. The topological polar surface area (TPSA) is 92.1 Å². The molecule has 0 radical (unpaired) electrons. The number of H-pyrrole nitrogens is 1. The van der Waals surface area contributed by atoms with E-state index in [9.17, 15) is 8.42 Å². The minimum absolute atomic E-state index is 0.179. The van der Waals surface area contributed by atoms with E-state index in [2.05, 4.69) is 15.1 Å². The highest BCUT2D eigenvalue weighted by atomic mass is 32.2. The highest BCUT2D eigenvalue weighted by Gasteiger charge is 2.21. The first-order valence-electron chi connectivity index (χ1n) is 5.32. The van der Waals surface area contributed by atoms with Crippen molar-refractivity contribution in [2.75, 3.05) is 7.05 Å². The van der Waals surface area contributed by atoms with Gasteiger partial charge in [0.1, 0.15) is 23.0 Å². The van der Waals surface area contributed by atoms with Gasteiger partial charge in [-0.1, -0.05) is 5.16 Å². The van der Waals surface area contributed by atoms with Gasteiger partial charge in [-0.05, 0) is 6.92 Å². The van der Waals surface area contributed by atoms with Crippen molar-refractivity contribution in [3.8, 4) is 0 Å². The van der Waals surface area contributed by atoms with Gasteiger partial charge in [0.05, 0.1) is 6.54 Å². The summed E-state index contributed by atoms with van der Waals surface area (Å²) in [4.78, 5) is 6.84. The smallest absolute Gasteiger partial charge is 0.220 e. The van der Waals surface area contributed by atoms with Gasteiger partial charge in [0, 0.05) is 25.5 Å². The lowest BCUT2D eigenvalue weighted by Gasteiger charge is -2.14. The van der Waals surface area contributed by atoms with Crippen LogP contribution in [0.3, 0.4) is 0 Å². The maximum atomic E-state index is 12.0. The summed E-state index contributed by atoms with van der Waals surface area (Å²) in [5.41, 5.74) is 0.402. The lowest BCUT2D eigenvalue weighted by Crippen LogP contribution is -2.28. The molecule has 0 amide bonds. The molecule has 0 aliphatic heterocycles. The predicted molar refractivity (Wildman–Crippen MR) is 63.9 cm³/mol. The number of sulfonamides is 1. The molecule has 8 heteroatoms. The Labute approximate surface area is 105 Å². The molecule has 2 aromatic rings. The molecule has 2 aromatic heterocycles. The van der Waals surface area contributed by atoms with Gasteiger partial charge in [0.25, 0.3) is 0 Å². The van der Waals surface area contributed by atoms with E-state index in [1.54, 1.807) is 25.4 Å². The maximum absolute atomic E-state index is 12.0. The van der Waals surface area contributed by atoms with Gasteiger partial charge in [-0.25, -0.2) is 13.4 Å². The standard InChI is InChI=1S/C10H14N4O3S/c1-8-5-9(13-17-8)7-18(15,16)14(2)6-10-11-3-4-12-10/h3-5H,6-7H2,1-2H3,(H,11,12). The van der Waals surface area contributed by atoms with E-state index < -0.39 is 10.0 Å². The molecule has 0 aromatic carbocycles. The fraction of sp³-hybridized carbons (Fsp3) is 0.400. The van der Waals surface area contributed by atoms with Crippen molar-refractivity contribution in [1.82, 2.24) is 19.4 Å². The summed E-state index contributed by atoms with van der Waals surface area (Å²) in [5, 5.41) is 3.68. The van der Waals surface area contributed by atoms with E-state index in [4.69, 9.17) is 4.52 Å². The molecular weight excluding hydrogens is 256 g/mol. The summed E-state index contributed by atoms with van der Waals surface area (Å²) in [6, 6.07) is 1.61. The van der Waals surface area contributed by atoms with E-state index in [0.717, 1.165) is 0 Å². The molecule has 2 heterocycles. The number of hydrogen-bond acceptors (Lipinski definition) is 5. The molecule has 0 unspecified atom stereocenters. The summed E-state index contributed by atoms with van der Waals surface area (Å²) in [5.74, 6) is 1.01. The number of imidazole rings is 1. The molecule has 0 spiro atoms. The fourth-order valence-electron chi connectivity index (χ4n) is 1.48. The minimum atomic E-state index is -3.43. The average molecular weight is 270 g/mol. The molecule has 0 saturated heterocycles. The van der Waals surface area contributed by atoms with Gasteiger partial charge in [0.15, 0.2) is 0 Å². The third kappa shape index (κ3) is 2.96. The Morgan fingerprint density at radius 3 is 2.83 bits per heavy atom. The van der Waals surface area contributed by atoms with Crippen molar-refractivity contribution in [2.45, 2.75) is 19.2 Å². The average Bonchev–Trinajstić information content (AvgIpc) is 2.90. The van der Waals surface area contributed by atoms with E-state index in [-0.39, 0.29) is 12.3 Å². The van der Waals surface area contributed by atoms with Crippen LogP contribution in [-0.2, 0) is 22.3 Å². The highest BCUT2D eigenvalue weighted by molar-refractivity contribution is 7.88. The maximum Gasteiger partial charge on any atom is 0.220 e. The number of nitrogens with zero attached hydrogens (tertiary/aromatic N) is 3. The molecule has 0 saturated carbocycles. The molecular formula is C10H14N4O3S. The van der Waals surface area contributed by atoms with Crippen molar-refractivity contribution >= 4 is 10.0 Å². The first-order valence-corrected chi connectivity index (χ1v) is 6.93. The molecule has 98 valence electrons. The minimum Gasteiger partial charge on any atom is -0.361 e. The highest BCUT2D eigenvalue weighted by Crippen LogP contribution is 2.11. The summed E-state index contributed by atoms with van der Waals surface area (Å²) in [6.45, 7) is 1.92. The summed E-state index contributed by atoms with van der Waals surface area (Å²) < 4.78 is 30.2. The van der Waals surface area contributed by atoms with Crippen molar-refractivity contribution in [2.24, 2.45) is 0 Å². The zero-order chi connectivity index (χ0) is 13.2. The Kier molecular flexibility index (Phi) is 3.48. The number of nitrogens with one attached hydrogen (secondary N) is 1. The SMILES string of the molecule is Cc1cc(CS(=O)(=O)N(C)Cc2ncc[nH]2)no1.